The molecule has 2 aromatic carbocycles. The molecule has 27 heavy (non-hydrogen) atoms. The number of nitrogens with zero attached hydrogens (tertiary/aromatic N) is 2. The third-order valence-electron chi connectivity index (χ3n) is 4.54. The van der Waals surface area contributed by atoms with E-state index in [9.17, 15) is 4.79 Å². The highest BCUT2D eigenvalue weighted by molar-refractivity contribution is 5.81. The summed E-state index contributed by atoms with van der Waals surface area (Å²) in [5.41, 5.74) is 4.59. The number of methoxy groups -OCH3 is 2. The summed E-state index contributed by atoms with van der Waals surface area (Å²) < 4.78 is 12.1. The van der Waals surface area contributed by atoms with Gasteiger partial charge in [0, 0.05) is 22.9 Å². The molecule has 6 nitrogen and oxygen atoms in total. The van der Waals surface area contributed by atoms with Crippen molar-refractivity contribution >= 4 is 5.65 Å². The zero-order valence-electron chi connectivity index (χ0n) is 15.3. The summed E-state index contributed by atoms with van der Waals surface area (Å²) in [6, 6.07) is 16.9. The molecular formula is C21H19N3O3. The highest BCUT2D eigenvalue weighted by Gasteiger charge is 2.16. The van der Waals surface area contributed by atoms with Crippen molar-refractivity contribution in [1.82, 2.24) is 14.6 Å². The van der Waals surface area contributed by atoms with Gasteiger partial charge in [0.2, 0.25) is 0 Å². The van der Waals surface area contributed by atoms with Crippen LogP contribution in [0.5, 0.6) is 11.5 Å². The van der Waals surface area contributed by atoms with Gasteiger partial charge in [0.25, 0.3) is 5.56 Å². The van der Waals surface area contributed by atoms with Gasteiger partial charge in [-0.15, -0.1) is 0 Å². The van der Waals surface area contributed by atoms with Crippen LogP contribution in [0.2, 0.25) is 0 Å². The third-order valence-corrected chi connectivity index (χ3v) is 4.54. The fourth-order valence-corrected chi connectivity index (χ4v) is 3.24. The molecule has 0 amide bonds. The number of H-pyrrole nitrogens is 1. The highest BCUT2D eigenvalue weighted by Crippen LogP contribution is 2.32. The molecule has 4 aromatic rings. The summed E-state index contributed by atoms with van der Waals surface area (Å²) in [5, 5.41) is 3.11. The van der Waals surface area contributed by atoms with Crippen molar-refractivity contribution in [2.24, 2.45) is 0 Å². The Morgan fingerprint density at radius 2 is 1.67 bits per heavy atom. The summed E-state index contributed by atoms with van der Waals surface area (Å²) in [5.74, 6) is 1.21. The van der Waals surface area contributed by atoms with Crippen LogP contribution < -0.4 is 15.0 Å². The second kappa shape index (κ2) is 6.64. The molecule has 0 aliphatic rings. The highest BCUT2D eigenvalue weighted by atomic mass is 16.5. The zero-order chi connectivity index (χ0) is 19.0. The third kappa shape index (κ3) is 2.85. The number of rotatable bonds is 4. The molecule has 6 heteroatoms. The van der Waals surface area contributed by atoms with Gasteiger partial charge in [-0.1, -0.05) is 30.3 Å². The lowest BCUT2D eigenvalue weighted by Crippen LogP contribution is -2.14. The summed E-state index contributed by atoms with van der Waals surface area (Å²) in [6.45, 7) is 1.94. The average molecular weight is 361 g/mol. The Bertz CT molecular complexity index is 1180. The first kappa shape index (κ1) is 16.9. The van der Waals surface area contributed by atoms with Gasteiger partial charge in [-0.3, -0.25) is 9.89 Å². The first-order chi connectivity index (χ1) is 13.1. The number of hydrogen-bond acceptors (Lipinski definition) is 4. The van der Waals surface area contributed by atoms with Gasteiger partial charge in [0.05, 0.1) is 19.9 Å². The number of aryl methyl sites for hydroxylation is 1. The SMILES string of the molecule is COc1ccc(-c2cc(=O)n3[nH]c(C)c(-c4ccccc4)c3n2)cc1OC. The maximum absolute atomic E-state index is 12.7. The van der Waals surface area contributed by atoms with E-state index < -0.39 is 0 Å². The fraction of sp³-hybridized carbons (Fsp3) is 0.143. The average Bonchev–Trinajstić information content (AvgIpc) is 3.04. The molecule has 1 N–H and O–H groups in total. The second-order valence-corrected chi connectivity index (χ2v) is 6.19. The minimum absolute atomic E-state index is 0.171. The summed E-state index contributed by atoms with van der Waals surface area (Å²) >= 11 is 0. The van der Waals surface area contributed by atoms with Crippen LogP contribution in [-0.2, 0) is 0 Å². The number of fused-ring (bicyclic) bond motifs is 1. The number of nitrogens with one attached hydrogen (secondary N) is 1. The van der Waals surface area contributed by atoms with Crippen LogP contribution in [-0.4, -0.2) is 28.8 Å². The minimum atomic E-state index is -0.171. The molecule has 0 aliphatic carbocycles. The largest absolute Gasteiger partial charge is 0.493 e. The lowest BCUT2D eigenvalue weighted by molar-refractivity contribution is 0.355. The van der Waals surface area contributed by atoms with E-state index in [1.165, 1.54) is 10.6 Å². The molecule has 0 bridgehead atoms. The van der Waals surface area contributed by atoms with Gasteiger partial charge in [0.15, 0.2) is 17.1 Å². The molecule has 0 spiro atoms. The lowest BCUT2D eigenvalue weighted by atomic mass is 10.1. The maximum atomic E-state index is 12.7. The van der Waals surface area contributed by atoms with E-state index in [4.69, 9.17) is 14.5 Å². The van der Waals surface area contributed by atoms with E-state index in [0.717, 1.165) is 22.4 Å². The van der Waals surface area contributed by atoms with Crippen molar-refractivity contribution in [3.05, 3.63) is 70.6 Å². The smallest absolute Gasteiger partial charge is 0.273 e. The number of hydrogen-bond donors (Lipinski definition) is 1. The van der Waals surface area contributed by atoms with Crippen molar-refractivity contribution < 1.29 is 9.47 Å². The van der Waals surface area contributed by atoms with E-state index >= 15 is 0 Å². The Morgan fingerprint density at radius 3 is 2.37 bits per heavy atom. The number of benzene rings is 2. The minimum Gasteiger partial charge on any atom is -0.493 e. The number of ether oxygens (including phenoxy) is 2. The van der Waals surface area contributed by atoms with Crippen LogP contribution >= 0.6 is 0 Å². The van der Waals surface area contributed by atoms with Crippen LogP contribution in [0, 0.1) is 6.92 Å². The zero-order valence-corrected chi connectivity index (χ0v) is 15.3. The van der Waals surface area contributed by atoms with E-state index in [-0.39, 0.29) is 5.56 Å². The molecule has 0 saturated carbocycles. The Morgan fingerprint density at radius 1 is 0.926 bits per heavy atom. The monoisotopic (exact) mass is 361 g/mol. The normalized spacial score (nSPS) is 10.9. The summed E-state index contributed by atoms with van der Waals surface area (Å²) in [7, 11) is 3.17. The van der Waals surface area contributed by atoms with Crippen LogP contribution in [0.4, 0.5) is 0 Å². The second-order valence-electron chi connectivity index (χ2n) is 6.19. The Hall–Kier alpha value is -3.54. The molecule has 4 rings (SSSR count). The molecule has 0 radical (unpaired) electrons. The number of aromatic nitrogens is 3. The molecule has 0 aliphatic heterocycles. The number of aromatic amines is 1. The molecule has 2 heterocycles. The first-order valence-electron chi connectivity index (χ1n) is 8.52. The predicted octanol–water partition coefficient (Wildman–Crippen LogP) is 3.68. The van der Waals surface area contributed by atoms with Crippen LogP contribution in [0.1, 0.15) is 5.69 Å². The van der Waals surface area contributed by atoms with Crippen molar-refractivity contribution in [2.45, 2.75) is 6.92 Å². The van der Waals surface area contributed by atoms with Gasteiger partial charge in [-0.2, -0.15) is 0 Å². The van der Waals surface area contributed by atoms with Crippen LogP contribution in [0.25, 0.3) is 28.0 Å². The summed E-state index contributed by atoms with van der Waals surface area (Å²) in [4.78, 5) is 17.5. The Balaban J connectivity index is 1.95. The molecule has 136 valence electrons. The molecule has 0 atom stereocenters. The predicted molar refractivity (Wildman–Crippen MR) is 105 cm³/mol. The Kier molecular flexibility index (Phi) is 4.16. The van der Waals surface area contributed by atoms with Crippen molar-refractivity contribution in [1.29, 1.82) is 0 Å². The quantitative estimate of drug-likeness (QED) is 0.602. The van der Waals surface area contributed by atoms with E-state index in [0.29, 0.717) is 22.8 Å². The standard InChI is InChI=1S/C21H19N3O3/c1-13-20(14-7-5-4-6-8-14)21-22-16(12-19(25)24(21)23-13)15-9-10-17(26-2)18(11-15)27-3/h4-12,23H,1-3H3. The molecule has 0 fully saturated rings. The molecule has 0 unspecified atom stereocenters. The van der Waals surface area contributed by atoms with Gasteiger partial charge >= 0.3 is 0 Å². The van der Waals surface area contributed by atoms with E-state index in [1.54, 1.807) is 20.3 Å². The van der Waals surface area contributed by atoms with E-state index in [1.807, 2.05) is 49.4 Å². The van der Waals surface area contributed by atoms with E-state index in [2.05, 4.69) is 5.10 Å². The van der Waals surface area contributed by atoms with Crippen molar-refractivity contribution in [3.8, 4) is 33.9 Å². The summed E-state index contributed by atoms with van der Waals surface area (Å²) in [6.07, 6.45) is 0. The topological polar surface area (TPSA) is 68.6 Å². The van der Waals surface area contributed by atoms with Crippen molar-refractivity contribution in [2.75, 3.05) is 14.2 Å². The molecule has 2 aromatic heterocycles. The fourth-order valence-electron chi connectivity index (χ4n) is 3.24. The van der Waals surface area contributed by atoms with Crippen LogP contribution in [0.15, 0.2) is 59.4 Å². The van der Waals surface area contributed by atoms with Gasteiger partial charge in [0.1, 0.15) is 0 Å². The Labute approximate surface area is 156 Å². The maximum Gasteiger partial charge on any atom is 0.273 e. The van der Waals surface area contributed by atoms with Gasteiger partial charge < -0.3 is 9.47 Å². The molecule has 0 saturated heterocycles. The van der Waals surface area contributed by atoms with Crippen LogP contribution in [0.3, 0.4) is 0 Å². The van der Waals surface area contributed by atoms with Gasteiger partial charge in [-0.05, 0) is 30.7 Å². The first-order valence-corrected chi connectivity index (χ1v) is 8.52. The lowest BCUT2D eigenvalue weighted by Gasteiger charge is -2.09. The van der Waals surface area contributed by atoms with Gasteiger partial charge in [-0.25, -0.2) is 9.50 Å². The molecular weight excluding hydrogens is 342 g/mol. The van der Waals surface area contributed by atoms with Crippen molar-refractivity contribution in [3.63, 3.8) is 0 Å².